The van der Waals surface area contributed by atoms with Gasteiger partial charge < -0.3 is 4.90 Å². The van der Waals surface area contributed by atoms with Crippen molar-refractivity contribution in [3.8, 4) is 0 Å². The lowest BCUT2D eigenvalue weighted by atomic mass is 9.93. The van der Waals surface area contributed by atoms with Crippen molar-refractivity contribution >= 4 is 11.1 Å². The number of hydrogen-bond donors (Lipinski definition) is 2. The van der Waals surface area contributed by atoms with Crippen molar-refractivity contribution in [2.45, 2.75) is 33.1 Å². The van der Waals surface area contributed by atoms with Crippen molar-refractivity contribution in [2.75, 3.05) is 38.7 Å². The van der Waals surface area contributed by atoms with E-state index in [-0.39, 0.29) is 11.1 Å². The number of thiol groups is 1. The lowest BCUT2D eigenvalue weighted by Gasteiger charge is -2.33. The molecule has 0 amide bonds. The van der Waals surface area contributed by atoms with Crippen molar-refractivity contribution in [2.24, 2.45) is 11.8 Å². The highest BCUT2D eigenvalue weighted by Crippen LogP contribution is 2.21. The summed E-state index contributed by atoms with van der Waals surface area (Å²) in [5.41, 5.74) is 0. The summed E-state index contributed by atoms with van der Waals surface area (Å²) in [5.74, 6) is 1.80. The second-order valence-electron chi connectivity index (χ2n) is 5.73. The maximum Gasteiger partial charge on any atom is 0.00436 e. The molecule has 0 radical (unpaired) electrons. The van der Waals surface area contributed by atoms with E-state index >= 15 is 0 Å². The minimum Gasteiger partial charge on any atom is -0.303 e. The Balaban J connectivity index is 2.07. The molecule has 1 saturated heterocycles. The van der Waals surface area contributed by atoms with Crippen molar-refractivity contribution in [1.29, 1.82) is 0 Å². The van der Waals surface area contributed by atoms with Crippen LogP contribution in [0, 0.1) is 11.8 Å². The normalized spacial score (nSPS) is 20.4. The maximum absolute atomic E-state index is 3.59. The van der Waals surface area contributed by atoms with Crippen LogP contribution in [0.5, 0.6) is 0 Å². The maximum atomic E-state index is 3.59. The molecule has 0 aromatic carbocycles. The van der Waals surface area contributed by atoms with Crippen LogP contribution in [0.15, 0.2) is 0 Å². The fourth-order valence-electron chi connectivity index (χ4n) is 2.47. The van der Waals surface area contributed by atoms with Gasteiger partial charge in [0.25, 0.3) is 0 Å². The molecule has 1 rings (SSSR count). The third-order valence-corrected chi connectivity index (χ3v) is 4.17. The summed E-state index contributed by atoms with van der Waals surface area (Å²) in [5, 5.41) is 0. The molecule has 0 aromatic heterocycles. The first-order valence-electron chi connectivity index (χ1n) is 6.71. The molecular weight excluding hydrogens is 216 g/mol. The number of rotatable bonds is 6. The quantitative estimate of drug-likeness (QED) is 0.700. The van der Waals surface area contributed by atoms with E-state index < -0.39 is 0 Å². The zero-order chi connectivity index (χ0) is 12.0. The van der Waals surface area contributed by atoms with E-state index in [4.69, 9.17) is 0 Å². The highest BCUT2D eigenvalue weighted by molar-refractivity contribution is 8.14. The zero-order valence-corrected chi connectivity index (χ0v) is 12.4. The third-order valence-electron chi connectivity index (χ3n) is 3.31. The molecule has 0 atom stereocenters. The molecule has 0 unspecified atom stereocenters. The zero-order valence-electron chi connectivity index (χ0n) is 11.5. The third kappa shape index (κ3) is 6.12. The second-order valence-corrected chi connectivity index (χ2v) is 7.83. The summed E-state index contributed by atoms with van der Waals surface area (Å²) in [6.07, 6.45) is 8.80. The molecule has 0 aliphatic carbocycles. The van der Waals surface area contributed by atoms with E-state index in [1.54, 1.807) is 0 Å². The van der Waals surface area contributed by atoms with Crippen LogP contribution in [0.3, 0.4) is 0 Å². The van der Waals surface area contributed by atoms with E-state index in [2.05, 4.69) is 36.0 Å². The Labute approximate surface area is 105 Å². The van der Waals surface area contributed by atoms with Gasteiger partial charge in [-0.05, 0) is 56.7 Å². The van der Waals surface area contributed by atoms with Gasteiger partial charge in [-0.1, -0.05) is 13.8 Å². The van der Waals surface area contributed by atoms with Crippen molar-refractivity contribution in [3.05, 3.63) is 0 Å². The average molecular weight is 246 g/mol. The van der Waals surface area contributed by atoms with Crippen LogP contribution in [0.1, 0.15) is 33.1 Å². The minimum atomic E-state index is 0.0916. The largest absolute Gasteiger partial charge is 0.303 e. The number of nitrogens with zero attached hydrogens (tertiary/aromatic N) is 1. The molecule has 2 nitrogen and oxygen atoms in total. The van der Waals surface area contributed by atoms with E-state index in [1.807, 2.05) is 0 Å². The monoisotopic (exact) mass is 246 g/mol. The first-order chi connectivity index (χ1) is 7.58. The molecule has 98 valence electrons. The first kappa shape index (κ1) is 14.3. The molecule has 0 bridgehead atoms. The molecular formula is C13H30N2S. The highest BCUT2D eigenvalue weighted by Gasteiger charge is 2.18. The van der Waals surface area contributed by atoms with E-state index in [0.29, 0.717) is 0 Å². The Morgan fingerprint density at radius 1 is 1.25 bits per heavy atom. The molecule has 0 aromatic rings. The van der Waals surface area contributed by atoms with Gasteiger partial charge in [-0.25, -0.2) is 11.1 Å². The van der Waals surface area contributed by atoms with Gasteiger partial charge >= 0.3 is 0 Å². The summed E-state index contributed by atoms with van der Waals surface area (Å²) in [4.78, 5) is 2.64. The van der Waals surface area contributed by atoms with Crippen molar-refractivity contribution in [1.82, 2.24) is 9.62 Å². The van der Waals surface area contributed by atoms with Gasteiger partial charge in [0.1, 0.15) is 0 Å². The number of piperidine rings is 1. The van der Waals surface area contributed by atoms with E-state index in [1.165, 1.54) is 45.4 Å². The fraction of sp³-hybridized carbons (Fsp3) is 1.00. The summed E-state index contributed by atoms with van der Waals surface area (Å²) in [6.45, 7) is 9.82. The SMILES string of the molecule is CC(C)CN1CCC(CCN[SH](C)C)CC1. The number of likely N-dealkylation sites (tertiary alicyclic amines) is 1. The van der Waals surface area contributed by atoms with Gasteiger partial charge in [0.2, 0.25) is 0 Å². The molecule has 1 fully saturated rings. The standard InChI is InChI=1S/C13H30N2S/c1-12(2)11-15-9-6-13(7-10-15)5-8-14-16(3)4/h12-14,16H,5-11H2,1-4H3. The van der Waals surface area contributed by atoms with Crippen LogP contribution >= 0.6 is 11.1 Å². The molecule has 1 aliphatic rings. The Hall–Kier alpha value is 0.270. The van der Waals surface area contributed by atoms with Gasteiger partial charge in [-0.3, -0.25) is 4.72 Å². The predicted molar refractivity (Wildman–Crippen MR) is 77.5 cm³/mol. The van der Waals surface area contributed by atoms with Crippen molar-refractivity contribution < 1.29 is 0 Å². The first-order valence-corrected chi connectivity index (χ1v) is 8.94. The lowest BCUT2D eigenvalue weighted by molar-refractivity contribution is 0.164. The second kappa shape index (κ2) is 7.57. The fourth-order valence-corrected chi connectivity index (χ4v) is 3.04. The predicted octanol–water partition coefficient (Wildman–Crippen LogP) is 2.51. The Morgan fingerprint density at radius 2 is 1.88 bits per heavy atom. The van der Waals surface area contributed by atoms with E-state index in [9.17, 15) is 0 Å². The topological polar surface area (TPSA) is 15.3 Å². The lowest BCUT2D eigenvalue weighted by Crippen LogP contribution is -2.36. The summed E-state index contributed by atoms with van der Waals surface area (Å²) in [6, 6.07) is 0. The van der Waals surface area contributed by atoms with Crippen LogP contribution in [0.4, 0.5) is 0 Å². The van der Waals surface area contributed by atoms with E-state index in [0.717, 1.165) is 11.8 Å². The molecule has 0 saturated carbocycles. The van der Waals surface area contributed by atoms with Crippen LogP contribution in [-0.2, 0) is 0 Å². The van der Waals surface area contributed by atoms with Crippen molar-refractivity contribution in [3.63, 3.8) is 0 Å². The van der Waals surface area contributed by atoms with Crippen LogP contribution in [0.25, 0.3) is 0 Å². The van der Waals surface area contributed by atoms with Gasteiger partial charge in [0.05, 0.1) is 0 Å². The molecule has 3 heteroatoms. The molecule has 1 N–H and O–H groups in total. The Bertz CT molecular complexity index is 175. The smallest absolute Gasteiger partial charge is 0.00436 e. The minimum absolute atomic E-state index is 0.0916. The molecule has 1 aliphatic heterocycles. The Kier molecular flexibility index (Phi) is 6.78. The average Bonchev–Trinajstić information content (AvgIpc) is 2.19. The van der Waals surface area contributed by atoms with Gasteiger partial charge in [-0.15, -0.1) is 0 Å². The van der Waals surface area contributed by atoms with Gasteiger partial charge in [-0.2, -0.15) is 0 Å². The number of nitrogens with one attached hydrogen (secondary N) is 1. The summed E-state index contributed by atoms with van der Waals surface area (Å²) >= 11 is 0.0916. The highest BCUT2D eigenvalue weighted by atomic mass is 32.2. The molecule has 1 heterocycles. The molecule has 0 spiro atoms. The van der Waals surface area contributed by atoms with Crippen LogP contribution < -0.4 is 4.72 Å². The molecule has 16 heavy (non-hydrogen) atoms. The summed E-state index contributed by atoms with van der Waals surface area (Å²) < 4.78 is 3.59. The summed E-state index contributed by atoms with van der Waals surface area (Å²) in [7, 11) is 0. The van der Waals surface area contributed by atoms with Crippen LogP contribution in [0.2, 0.25) is 0 Å². The Morgan fingerprint density at radius 3 is 2.38 bits per heavy atom. The van der Waals surface area contributed by atoms with Crippen LogP contribution in [-0.4, -0.2) is 43.6 Å². The number of hydrogen-bond acceptors (Lipinski definition) is 2. The van der Waals surface area contributed by atoms with Gasteiger partial charge in [0.15, 0.2) is 0 Å². The van der Waals surface area contributed by atoms with Gasteiger partial charge in [0, 0.05) is 13.1 Å².